The van der Waals surface area contributed by atoms with Crippen molar-refractivity contribution in [2.24, 2.45) is 0 Å². The number of pyridine rings is 1. The van der Waals surface area contributed by atoms with Crippen LogP contribution in [0.4, 0.5) is 5.69 Å². The van der Waals surface area contributed by atoms with Crippen LogP contribution in [-0.4, -0.2) is 17.1 Å². The van der Waals surface area contributed by atoms with Gasteiger partial charge in [0.1, 0.15) is 6.04 Å². The summed E-state index contributed by atoms with van der Waals surface area (Å²) in [6.07, 6.45) is 1.57. The second-order valence-electron chi connectivity index (χ2n) is 5.10. The summed E-state index contributed by atoms with van der Waals surface area (Å²) in [6, 6.07) is 7.88. The molecular weight excluding hydrogens is 316 g/mol. The van der Waals surface area contributed by atoms with E-state index in [0.717, 1.165) is 5.56 Å². The lowest BCUT2D eigenvalue weighted by molar-refractivity contribution is -0.118. The number of anilines is 1. The van der Waals surface area contributed by atoms with E-state index in [-0.39, 0.29) is 17.2 Å². The van der Waals surface area contributed by atoms with E-state index < -0.39 is 6.04 Å². The van der Waals surface area contributed by atoms with Gasteiger partial charge < -0.3 is 14.6 Å². The Kier molecular flexibility index (Phi) is 5.45. The first kappa shape index (κ1) is 17.1. The second-order valence-corrected chi connectivity index (χ2v) is 5.50. The highest BCUT2D eigenvalue weighted by molar-refractivity contribution is 6.31. The van der Waals surface area contributed by atoms with E-state index in [0.29, 0.717) is 17.3 Å². The van der Waals surface area contributed by atoms with Crippen LogP contribution in [0.5, 0.6) is 5.75 Å². The highest BCUT2D eigenvalue weighted by atomic mass is 35.5. The summed E-state index contributed by atoms with van der Waals surface area (Å²) in [5.41, 5.74) is 1.08. The number of amides is 1. The van der Waals surface area contributed by atoms with Crippen LogP contribution in [0.3, 0.4) is 0 Å². The highest BCUT2D eigenvalue weighted by Gasteiger charge is 2.18. The zero-order valence-electron chi connectivity index (χ0n) is 13.3. The molecule has 0 aliphatic heterocycles. The van der Waals surface area contributed by atoms with E-state index in [4.69, 9.17) is 16.3 Å². The number of nitrogens with zero attached hydrogens (tertiary/aromatic N) is 1. The summed E-state index contributed by atoms with van der Waals surface area (Å²) < 4.78 is 6.63. The number of rotatable bonds is 5. The third-order valence-corrected chi connectivity index (χ3v) is 3.97. The average Bonchev–Trinajstić information content (AvgIpc) is 2.53. The lowest BCUT2D eigenvalue weighted by Gasteiger charge is -2.17. The normalized spacial score (nSPS) is 11.8. The van der Waals surface area contributed by atoms with Gasteiger partial charge in [0.15, 0.2) is 5.75 Å². The van der Waals surface area contributed by atoms with E-state index in [1.807, 2.05) is 6.92 Å². The molecule has 0 saturated carbocycles. The van der Waals surface area contributed by atoms with Crippen molar-refractivity contribution < 1.29 is 9.53 Å². The molecule has 1 aromatic heterocycles. The van der Waals surface area contributed by atoms with Crippen molar-refractivity contribution in [1.82, 2.24) is 4.57 Å². The minimum atomic E-state index is -0.679. The van der Waals surface area contributed by atoms with Gasteiger partial charge in [-0.15, -0.1) is 0 Å². The average molecular weight is 335 g/mol. The quantitative estimate of drug-likeness (QED) is 0.911. The predicted molar refractivity (Wildman–Crippen MR) is 91.4 cm³/mol. The van der Waals surface area contributed by atoms with Crippen molar-refractivity contribution in [3.8, 4) is 5.75 Å². The number of benzene rings is 1. The Hall–Kier alpha value is -2.27. The monoisotopic (exact) mass is 334 g/mol. The van der Waals surface area contributed by atoms with Crippen molar-refractivity contribution in [1.29, 1.82) is 0 Å². The molecule has 0 saturated heterocycles. The summed E-state index contributed by atoms with van der Waals surface area (Å²) in [5, 5.41) is 3.38. The van der Waals surface area contributed by atoms with Crippen LogP contribution < -0.4 is 15.6 Å². The molecule has 122 valence electrons. The van der Waals surface area contributed by atoms with Crippen LogP contribution in [0.1, 0.15) is 25.5 Å². The first-order valence-electron chi connectivity index (χ1n) is 7.35. The lowest BCUT2D eigenvalue weighted by atomic mass is 10.2. The smallest absolute Gasteiger partial charge is 0.293 e. The summed E-state index contributed by atoms with van der Waals surface area (Å²) in [4.78, 5) is 24.8. The molecule has 0 aliphatic carbocycles. The maximum Gasteiger partial charge on any atom is 0.293 e. The number of hydrogen-bond donors (Lipinski definition) is 1. The van der Waals surface area contributed by atoms with E-state index in [1.54, 1.807) is 50.4 Å². The molecule has 0 spiro atoms. The first-order valence-corrected chi connectivity index (χ1v) is 7.73. The molecule has 0 fully saturated rings. The molecule has 2 aromatic rings. The van der Waals surface area contributed by atoms with Gasteiger partial charge in [-0.1, -0.05) is 17.7 Å². The maximum atomic E-state index is 12.4. The van der Waals surface area contributed by atoms with Gasteiger partial charge in [0.25, 0.3) is 5.56 Å². The van der Waals surface area contributed by atoms with Gasteiger partial charge in [0, 0.05) is 16.9 Å². The molecule has 5 nitrogen and oxygen atoms in total. The van der Waals surface area contributed by atoms with Crippen molar-refractivity contribution in [3.63, 3.8) is 0 Å². The number of carbonyl (C=O) groups excluding carboxylic acids is 1. The van der Waals surface area contributed by atoms with Gasteiger partial charge in [-0.25, -0.2) is 0 Å². The second kappa shape index (κ2) is 7.33. The lowest BCUT2D eigenvalue weighted by Crippen LogP contribution is -2.31. The minimum absolute atomic E-state index is 0.230. The van der Waals surface area contributed by atoms with Crippen LogP contribution in [0.2, 0.25) is 5.02 Å². The minimum Gasteiger partial charge on any atom is -0.488 e. The van der Waals surface area contributed by atoms with Crippen LogP contribution in [0.15, 0.2) is 41.3 Å². The predicted octanol–water partition coefficient (Wildman–Crippen LogP) is 3.41. The molecule has 1 amide bonds. The Balaban J connectivity index is 2.25. The van der Waals surface area contributed by atoms with Crippen LogP contribution in [0.25, 0.3) is 0 Å². The Morgan fingerprint density at radius 3 is 2.78 bits per heavy atom. The highest BCUT2D eigenvalue weighted by Crippen LogP contribution is 2.23. The number of aromatic nitrogens is 1. The SMILES string of the molecule is CCOc1cccn(C(C)C(=O)Nc2cccc(Cl)c2C)c1=O. The van der Waals surface area contributed by atoms with Crippen molar-refractivity contribution in [3.05, 3.63) is 57.5 Å². The third-order valence-electron chi connectivity index (χ3n) is 3.56. The van der Waals surface area contributed by atoms with Crippen LogP contribution >= 0.6 is 11.6 Å². The fraction of sp³-hybridized carbons (Fsp3) is 0.294. The standard InChI is InChI=1S/C17H19ClN2O3/c1-4-23-15-9-6-10-20(17(15)22)12(3)16(21)19-14-8-5-7-13(18)11(14)2/h5-10,12H,4H2,1-3H3,(H,19,21). The third kappa shape index (κ3) is 3.74. The molecule has 1 N–H and O–H groups in total. The molecule has 0 aliphatic rings. The molecule has 1 heterocycles. The number of carbonyl (C=O) groups is 1. The zero-order chi connectivity index (χ0) is 17.0. The first-order chi connectivity index (χ1) is 11.0. The van der Waals surface area contributed by atoms with E-state index in [1.165, 1.54) is 4.57 Å². The number of ether oxygens (including phenoxy) is 1. The van der Waals surface area contributed by atoms with E-state index >= 15 is 0 Å². The molecule has 6 heteroatoms. The molecule has 1 aromatic carbocycles. The van der Waals surface area contributed by atoms with Crippen LogP contribution in [-0.2, 0) is 4.79 Å². The fourth-order valence-electron chi connectivity index (χ4n) is 2.17. The Labute approximate surface area is 139 Å². The van der Waals surface area contributed by atoms with E-state index in [9.17, 15) is 9.59 Å². The van der Waals surface area contributed by atoms with E-state index in [2.05, 4.69) is 5.32 Å². The Morgan fingerprint density at radius 1 is 1.35 bits per heavy atom. The van der Waals surface area contributed by atoms with Crippen molar-refractivity contribution >= 4 is 23.2 Å². The molecule has 2 rings (SSSR count). The van der Waals surface area contributed by atoms with Crippen molar-refractivity contribution in [2.75, 3.05) is 11.9 Å². The van der Waals surface area contributed by atoms with Gasteiger partial charge in [-0.05, 0) is 50.6 Å². The zero-order valence-corrected chi connectivity index (χ0v) is 14.1. The number of hydrogen-bond acceptors (Lipinski definition) is 3. The summed E-state index contributed by atoms with van der Waals surface area (Å²) in [5.74, 6) is -0.0697. The fourth-order valence-corrected chi connectivity index (χ4v) is 2.34. The van der Waals surface area contributed by atoms with Crippen LogP contribution in [0, 0.1) is 6.92 Å². The largest absolute Gasteiger partial charge is 0.488 e. The van der Waals surface area contributed by atoms with Gasteiger partial charge in [-0.3, -0.25) is 9.59 Å². The van der Waals surface area contributed by atoms with Gasteiger partial charge in [-0.2, -0.15) is 0 Å². The molecule has 0 radical (unpaired) electrons. The number of halogens is 1. The Bertz CT molecular complexity index is 771. The summed E-state index contributed by atoms with van der Waals surface area (Å²) in [6.45, 7) is 5.67. The van der Waals surface area contributed by atoms with Gasteiger partial charge >= 0.3 is 0 Å². The molecule has 23 heavy (non-hydrogen) atoms. The van der Waals surface area contributed by atoms with Gasteiger partial charge in [0.2, 0.25) is 5.91 Å². The molecule has 1 unspecified atom stereocenters. The molecular formula is C17H19ClN2O3. The van der Waals surface area contributed by atoms with Gasteiger partial charge in [0.05, 0.1) is 6.61 Å². The maximum absolute atomic E-state index is 12.4. The summed E-state index contributed by atoms with van der Waals surface area (Å²) in [7, 11) is 0. The molecule has 0 bridgehead atoms. The number of nitrogens with one attached hydrogen (secondary N) is 1. The topological polar surface area (TPSA) is 60.3 Å². The van der Waals surface area contributed by atoms with Crippen molar-refractivity contribution in [2.45, 2.75) is 26.8 Å². The molecule has 1 atom stereocenters. The Morgan fingerprint density at radius 2 is 2.09 bits per heavy atom. The summed E-state index contributed by atoms with van der Waals surface area (Å²) >= 11 is 6.05.